The number of hydrogen-bond donors (Lipinski definition) is 1. The van der Waals surface area contributed by atoms with E-state index < -0.39 is 0 Å². The van der Waals surface area contributed by atoms with E-state index in [-0.39, 0.29) is 48.0 Å². The summed E-state index contributed by atoms with van der Waals surface area (Å²) in [7, 11) is 8.74. The second-order valence-corrected chi connectivity index (χ2v) is 8.70. The SMILES string of the molecule is CC[N+](C)(C)c1ccc(CCCCc2ccc([N+](C)(C)CC)c(O)c2)cc1.[I-].[I-]. The van der Waals surface area contributed by atoms with Crippen LogP contribution in [0.4, 0.5) is 11.4 Å². The number of phenolic OH excluding ortho intramolecular Hbond substituents is 1. The molecule has 0 aliphatic heterocycles. The fourth-order valence-electron chi connectivity index (χ4n) is 3.31. The highest BCUT2D eigenvalue weighted by atomic mass is 127. The smallest absolute Gasteiger partial charge is 0.177 e. The third kappa shape index (κ3) is 7.99. The number of hydrogen-bond acceptors (Lipinski definition) is 1. The quantitative estimate of drug-likeness (QED) is 0.219. The minimum Gasteiger partial charge on any atom is -1.00 e. The second-order valence-electron chi connectivity index (χ2n) is 8.70. The Kier molecular flexibility index (Phi) is 12.3. The van der Waals surface area contributed by atoms with Crippen molar-refractivity contribution >= 4 is 11.4 Å². The lowest BCUT2D eigenvalue weighted by Gasteiger charge is -2.28. The lowest BCUT2D eigenvalue weighted by atomic mass is 10.0. The Hall–Kier alpha value is -0.380. The Balaban J connectivity index is 0.00000392. The van der Waals surface area contributed by atoms with Gasteiger partial charge in [0.1, 0.15) is 5.69 Å². The van der Waals surface area contributed by atoms with Crippen LogP contribution in [0.25, 0.3) is 0 Å². The molecule has 0 amide bonds. The van der Waals surface area contributed by atoms with Crippen LogP contribution in [0.1, 0.15) is 37.8 Å². The predicted molar refractivity (Wildman–Crippen MR) is 120 cm³/mol. The molecule has 1 N–H and O–H groups in total. The fourth-order valence-corrected chi connectivity index (χ4v) is 3.31. The molecule has 0 aliphatic carbocycles. The summed E-state index contributed by atoms with van der Waals surface area (Å²) in [5.41, 5.74) is 5.00. The highest BCUT2D eigenvalue weighted by Crippen LogP contribution is 2.31. The van der Waals surface area contributed by atoms with Crippen molar-refractivity contribution in [2.75, 3.05) is 41.3 Å². The van der Waals surface area contributed by atoms with Crippen LogP contribution in [0.3, 0.4) is 0 Å². The molecule has 0 spiro atoms. The lowest BCUT2D eigenvalue weighted by molar-refractivity contribution is -0.00100. The van der Waals surface area contributed by atoms with E-state index in [0.29, 0.717) is 10.2 Å². The summed E-state index contributed by atoms with van der Waals surface area (Å²) in [6.07, 6.45) is 4.45. The Morgan fingerprint density at radius 1 is 0.690 bits per heavy atom. The maximum atomic E-state index is 10.4. The van der Waals surface area contributed by atoms with Gasteiger partial charge in [0.05, 0.1) is 41.3 Å². The Morgan fingerprint density at radius 2 is 1.17 bits per heavy atom. The molecule has 29 heavy (non-hydrogen) atoms. The monoisotopic (exact) mass is 624 g/mol. The highest BCUT2D eigenvalue weighted by Gasteiger charge is 2.20. The van der Waals surface area contributed by atoms with E-state index in [1.54, 1.807) is 0 Å². The summed E-state index contributed by atoms with van der Waals surface area (Å²) in [6, 6.07) is 15.3. The maximum absolute atomic E-state index is 10.4. The van der Waals surface area contributed by atoms with E-state index in [0.717, 1.165) is 42.5 Å². The average molecular weight is 624 g/mol. The van der Waals surface area contributed by atoms with Gasteiger partial charge < -0.3 is 53.1 Å². The number of nitrogens with zero attached hydrogens (tertiary/aromatic N) is 2. The van der Waals surface area contributed by atoms with Crippen LogP contribution in [0, 0.1) is 0 Å². The van der Waals surface area contributed by atoms with Crippen molar-refractivity contribution < 1.29 is 53.1 Å². The zero-order valence-corrected chi connectivity index (χ0v) is 23.2. The maximum Gasteiger partial charge on any atom is 0.177 e. The summed E-state index contributed by atoms with van der Waals surface area (Å²) < 4.78 is 1.63. The predicted octanol–water partition coefficient (Wildman–Crippen LogP) is -0.861. The van der Waals surface area contributed by atoms with Crippen LogP contribution in [0.15, 0.2) is 42.5 Å². The fraction of sp³-hybridized carbons (Fsp3) is 0.500. The molecule has 164 valence electrons. The Morgan fingerprint density at radius 3 is 1.66 bits per heavy atom. The number of rotatable bonds is 9. The molecular formula is C24H38I2N2O. The van der Waals surface area contributed by atoms with Crippen LogP contribution >= 0.6 is 0 Å². The van der Waals surface area contributed by atoms with Crippen LogP contribution in [0.5, 0.6) is 5.75 Å². The molecule has 3 nitrogen and oxygen atoms in total. The molecule has 0 saturated heterocycles. The van der Waals surface area contributed by atoms with Crippen molar-refractivity contribution in [3.05, 3.63) is 53.6 Å². The van der Waals surface area contributed by atoms with E-state index in [1.807, 2.05) is 6.07 Å². The molecule has 0 aliphatic rings. The number of aromatic hydroxyl groups is 1. The van der Waals surface area contributed by atoms with Crippen LogP contribution < -0.4 is 56.9 Å². The zero-order valence-electron chi connectivity index (χ0n) is 18.9. The third-order valence-corrected chi connectivity index (χ3v) is 6.09. The van der Waals surface area contributed by atoms with Gasteiger partial charge in [-0.1, -0.05) is 18.2 Å². The van der Waals surface area contributed by atoms with E-state index in [9.17, 15) is 5.11 Å². The van der Waals surface area contributed by atoms with Gasteiger partial charge in [-0.3, -0.25) is 8.97 Å². The zero-order chi connectivity index (χ0) is 20.1. The van der Waals surface area contributed by atoms with E-state index in [4.69, 9.17) is 0 Å². The summed E-state index contributed by atoms with van der Waals surface area (Å²) in [5.74, 6) is 0.423. The first-order chi connectivity index (χ1) is 12.7. The van der Waals surface area contributed by atoms with Gasteiger partial charge in [-0.05, 0) is 68.9 Å². The van der Waals surface area contributed by atoms with E-state index >= 15 is 0 Å². The van der Waals surface area contributed by atoms with Gasteiger partial charge in [-0.25, -0.2) is 0 Å². The van der Waals surface area contributed by atoms with Gasteiger partial charge in [0.25, 0.3) is 0 Å². The molecule has 0 fully saturated rings. The van der Waals surface area contributed by atoms with Crippen LogP contribution in [-0.4, -0.2) is 46.4 Å². The van der Waals surface area contributed by atoms with Gasteiger partial charge in [-0.15, -0.1) is 0 Å². The van der Waals surface area contributed by atoms with Gasteiger partial charge >= 0.3 is 0 Å². The van der Waals surface area contributed by atoms with Crippen molar-refractivity contribution in [1.29, 1.82) is 0 Å². The first kappa shape index (κ1) is 28.6. The van der Waals surface area contributed by atoms with Crippen molar-refractivity contribution in [1.82, 2.24) is 8.97 Å². The highest BCUT2D eigenvalue weighted by molar-refractivity contribution is 5.55. The Labute approximate surface area is 212 Å². The second kappa shape index (κ2) is 12.5. The van der Waals surface area contributed by atoms with Gasteiger partial charge in [-0.2, -0.15) is 0 Å². The molecule has 0 saturated carbocycles. The molecule has 0 aromatic heterocycles. The molecule has 0 bridgehead atoms. The summed E-state index contributed by atoms with van der Waals surface area (Å²) in [4.78, 5) is 0. The minimum absolute atomic E-state index is 0. The number of phenols is 1. The number of halogens is 2. The van der Waals surface area contributed by atoms with Gasteiger partial charge in [0, 0.05) is 6.07 Å². The summed E-state index contributed by atoms with van der Waals surface area (Å²) in [5, 5.41) is 10.4. The molecule has 5 heteroatoms. The summed E-state index contributed by atoms with van der Waals surface area (Å²) >= 11 is 0. The molecule has 2 aromatic rings. The largest absolute Gasteiger partial charge is 1.00 e. The number of quaternary nitrogens is 2. The topological polar surface area (TPSA) is 20.2 Å². The van der Waals surface area contributed by atoms with Crippen molar-refractivity contribution in [2.24, 2.45) is 0 Å². The van der Waals surface area contributed by atoms with E-state index in [2.05, 4.69) is 78.4 Å². The standard InChI is InChI=1S/C24H37N2O.2HI/c1-7-25(3,4)22-16-13-20(14-17-22)11-9-10-12-21-15-18-23(24(27)19-21)26(5,6)8-2;;/h13-19H,7-12H2,1-6H3;2*1H/q+1;;/p-1. The van der Waals surface area contributed by atoms with E-state index in [1.165, 1.54) is 23.2 Å². The average Bonchev–Trinajstić information content (AvgIpc) is 2.65. The molecule has 2 rings (SSSR count). The van der Waals surface area contributed by atoms with Crippen LogP contribution in [0.2, 0.25) is 0 Å². The molecule has 0 atom stereocenters. The molecular weight excluding hydrogens is 586 g/mol. The van der Waals surface area contributed by atoms with Gasteiger partial charge in [0.15, 0.2) is 11.4 Å². The summed E-state index contributed by atoms with van der Waals surface area (Å²) in [6.45, 7) is 6.42. The number of aryl methyl sites for hydroxylation is 2. The number of unbranched alkanes of at least 4 members (excludes halogenated alkanes) is 1. The molecule has 2 aromatic carbocycles. The van der Waals surface area contributed by atoms with Crippen molar-refractivity contribution in [2.45, 2.75) is 39.5 Å². The third-order valence-electron chi connectivity index (χ3n) is 6.09. The molecule has 0 unspecified atom stereocenters. The number of benzene rings is 2. The normalized spacial score (nSPS) is 11.5. The first-order valence-electron chi connectivity index (χ1n) is 10.3. The minimum atomic E-state index is 0. The molecule has 0 radical (unpaired) electrons. The van der Waals surface area contributed by atoms with Crippen molar-refractivity contribution in [3.63, 3.8) is 0 Å². The van der Waals surface area contributed by atoms with Crippen LogP contribution in [-0.2, 0) is 12.8 Å². The lowest BCUT2D eigenvalue weighted by Crippen LogP contribution is -3.00. The Bertz CT molecular complexity index is 743. The first-order valence-corrected chi connectivity index (χ1v) is 10.3. The van der Waals surface area contributed by atoms with Gasteiger partial charge in [0.2, 0.25) is 0 Å². The van der Waals surface area contributed by atoms with Crippen molar-refractivity contribution in [3.8, 4) is 5.75 Å². The molecule has 0 heterocycles.